The Morgan fingerprint density at radius 3 is 2.74 bits per heavy atom. The van der Waals surface area contributed by atoms with Gasteiger partial charge in [-0.15, -0.1) is 12.4 Å². The molecule has 1 heterocycles. The molecule has 1 aromatic carbocycles. The van der Waals surface area contributed by atoms with Gasteiger partial charge in [0.15, 0.2) is 0 Å². The van der Waals surface area contributed by atoms with Crippen molar-refractivity contribution in [1.82, 2.24) is 14.5 Å². The summed E-state index contributed by atoms with van der Waals surface area (Å²) in [5.74, 6) is 0.172. The Hall–Kier alpha value is -2.28. The second-order valence-electron chi connectivity index (χ2n) is 4.80. The van der Waals surface area contributed by atoms with Gasteiger partial charge < -0.3 is 18.9 Å². The van der Waals surface area contributed by atoms with Crippen molar-refractivity contribution >= 4 is 35.5 Å². The van der Waals surface area contributed by atoms with Gasteiger partial charge in [0, 0.05) is 26.2 Å². The number of imidazole rings is 1. The molecule has 126 valence electrons. The lowest BCUT2D eigenvalue weighted by molar-refractivity contribution is -0.140. The minimum atomic E-state index is -0.410. The molecule has 0 aliphatic rings. The largest absolute Gasteiger partial charge is 0.469 e. The quantitative estimate of drug-likeness (QED) is 0.781. The number of rotatable bonds is 5. The number of aromatic nitrogens is 2. The smallest absolute Gasteiger partial charge is 0.414 e. The Morgan fingerprint density at radius 2 is 2.09 bits per heavy atom. The number of carbonyl (C=O) groups excluding carboxylic acids is 2. The summed E-state index contributed by atoms with van der Waals surface area (Å²) < 4.78 is 11.7. The zero-order valence-electron chi connectivity index (χ0n) is 13.3. The lowest BCUT2D eigenvalue weighted by Crippen LogP contribution is -2.29. The van der Waals surface area contributed by atoms with Crippen molar-refractivity contribution in [2.45, 2.75) is 19.9 Å². The van der Waals surface area contributed by atoms with Gasteiger partial charge in [0.25, 0.3) is 0 Å². The van der Waals surface area contributed by atoms with Crippen LogP contribution in [-0.2, 0) is 16.1 Å². The van der Waals surface area contributed by atoms with Crippen LogP contribution in [-0.4, -0.2) is 47.2 Å². The molecule has 23 heavy (non-hydrogen) atoms. The summed E-state index contributed by atoms with van der Waals surface area (Å²) in [6.07, 6.45) is 1.52. The van der Waals surface area contributed by atoms with Crippen LogP contribution in [0, 0.1) is 0 Å². The van der Waals surface area contributed by atoms with Crippen LogP contribution in [0.15, 0.2) is 24.5 Å². The standard InChI is InChI=1S/C15H19N3O4.ClH/c1-4-17(2)15(20)22-11-5-6-13-12(9-11)16-10-18(13)8-7-14(19)21-3;/h5-6,9-10H,4,7-8H2,1-3H3;1H. The fraction of sp³-hybridized carbons (Fsp3) is 0.400. The van der Waals surface area contributed by atoms with Gasteiger partial charge in [0.2, 0.25) is 0 Å². The van der Waals surface area contributed by atoms with Crippen LogP contribution in [0.1, 0.15) is 13.3 Å². The van der Waals surface area contributed by atoms with E-state index >= 15 is 0 Å². The van der Waals surface area contributed by atoms with Crippen LogP contribution >= 0.6 is 12.4 Å². The molecule has 0 unspecified atom stereocenters. The first-order valence-electron chi connectivity index (χ1n) is 6.99. The van der Waals surface area contributed by atoms with Crippen molar-refractivity contribution in [3.05, 3.63) is 24.5 Å². The monoisotopic (exact) mass is 341 g/mol. The highest BCUT2D eigenvalue weighted by molar-refractivity contribution is 5.85. The molecule has 0 N–H and O–H groups in total. The number of nitrogens with zero attached hydrogens (tertiary/aromatic N) is 3. The Labute approximate surface area is 140 Å². The van der Waals surface area contributed by atoms with Gasteiger partial charge in [0.05, 0.1) is 30.9 Å². The second-order valence-corrected chi connectivity index (χ2v) is 4.80. The molecule has 0 fully saturated rings. The van der Waals surface area contributed by atoms with Crippen LogP contribution in [0.4, 0.5) is 4.79 Å². The third-order valence-electron chi connectivity index (χ3n) is 3.37. The van der Waals surface area contributed by atoms with Crippen LogP contribution in [0.25, 0.3) is 11.0 Å². The Kier molecular flexibility index (Phi) is 6.84. The Morgan fingerprint density at radius 1 is 1.35 bits per heavy atom. The number of methoxy groups -OCH3 is 1. The van der Waals surface area contributed by atoms with Gasteiger partial charge in [-0.2, -0.15) is 0 Å². The van der Waals surface area contributed by atoms with Gasteiger partial charge in [-0.25, -0.2) is 9.78 Å². The molecule has 1 aromatic heterocycles. The van der Waals surface area contributed by atoms with Gasteiger partial charge in [0.1, 0.15) is 5.75 Å². The van der Waals surface area contributed by atoms with E-state index in [1.165, 1.54) is 12.0 Å². The molecule has 7 nitrogen and oxygen atoms in total. The van der Waals surface area contributed by atoms with Crippen molar-refractivity contribution in [1.29, 1.82) is 0 Å². The van der Waals surface area contributed by atoms with E-state index in [1.807, 2.05) is 17.6 Å². The summed E-state index contributed by atoms with van der Waals surface area (Å²) in [7, 11) is 3.03. The lowest BCUT2D eigenvalue weighted by Gasteiger charge is -2.14. The SMILES string of the molecule is CCN(C)C(=O)Oc1ccc2c(c1)ncn2CCC(=O)OC.Cl. The summed E-state index contributed by atoms with van der Waals surface area (Å²) >= 11 is 0. The fourth-order valence-electron chi connectivity index (χ4n) is 1.91. The molecule has 0 saturated carbocycles. The molecule has 0 atom stereocenters. The van der Waals surface area contributed by atoms with E-state index in [0.29, 0.717) is 24.4 Å². The maximum absolute atomic E-state index is 11.7. The number of carbonyl (C=O) groups is 2. The minimum Gasteiger partial charge on any atom is -0.469 e. The van der Waals surface area contributed by atoms with Crippen molar-refractivity contribution in [3.8, 4) is 5.75 Å². The van der Waals surface area contributed by atoms with Crippen molar-refractivity contribution in [3.63, 3.8) is 0 Å². The molecule has 0 radical (unpaired) electrons. The second kappa shape index (κ2) is 8.38. The molecule has 0 spiro atoms. The summed E-state index contributed by atoms with van der Waals surface area (Å²) in [6, 6.07) is 5.22. The van der Waals surface area contributed by atoms with E-state index in [2.05, 4.69) is 9.72 Å². The first-order valence-corrected chi connectivity index (χ1v) is 6.99. The van der Waals surface area contributed by atoms with Crippen molar-refractivity contribution < 1.29 is 19.1 Å². The van der Waals surface area contributed by atoms with Gasteiger partial charge in [-0.1, -0.05) is 0 Å². The van der Waals surface area contributed by atoms with Gasteiger partial charge in [-0.3, -0.25) is 4.79 Å². The van der Waals surface area contributed by atoms with Gasteiger partial charge in [-0.05, 0) is 19.1 Å². The number of ether oxygens (including phenoxy) is 2. The molecule has 0 saturated heterocycles. The lowest BCUT2D eigenvalue weighted by atomic mass is 10.3. The van der Waals surface area contributed by atoms with Crippen molar-refractivity contribution in [2.24, 2.45) is 0 Å². The predicted octanol–water partition coefficient (Wildman–Crippen LogP) is 2.47. The summed E-state index contributed by atoms with van der Waals surface area (Å²) in [5.41, 5.74) is 1.57. The molecule has 0 aliphatic heterocycles. The van der Waals surface area contributed by atoms with E-state index in [4.69, 9.17) is 4.74 Å². The number of aryl methyl sites for hydroxylation is 1. The topological polar surface area (TPSA) is 73.7 Å². The van der Waals surface area contributed by atoms with E-state index in [1.54, 1.807) is 25.5 Å². The number of amides is 1. The van der Waals surface area contributed by atoms with E-state index < -0.39 is 6.09 Å². The highest BCUT2D eigenvalue weighted by Gasteiger charge is 2.11. The average Bonchev–Trinajstić information content (AvgIpc) is 2.93. The Bertz CT molecular complexity index is 686. The zero-order chi connectivity index (χ0) is 16.1. The maximum atomic E-state index is 11.7. The molecular formula is C15H20ClN3O4. The third-order valence-corrected chi connectivity index (χ3v) is 3.37. The number of halogens is 1. The van der Waals surface area contributed by atoms with Crippen LogP contribution in [0.3, 0.4) is 0 Å². The van der Waals surface area contributed by atoms with Gasteiger partial charge >= 0.3 is 12.1 Å². The first-order chi connectivity index (χ1) is 10.5. The fourth-order valence-corrected chi connectivity index (χ4v) is 1.91. The minimum absolute atomic E-state index is 0. The molecule has 1 amide bonds. The predicted molar refractivity (Wildman–Crippen MR) is 87.9 cm³/mol. The normalized spacial score (nSPS) is 10.0. The molecule has 2 aromatic rings. The van der Waals surface area contributed by atoms with Crippen LogP contribution in [0.2, 0.25) is 0 Å². The summed E-state index contributed by atoms with van der Waals surface area (Å²) in [5, 5.41) is 0. The number of hydrogen-bond acceptors (Lipinski definition) is 5. The molecule has 8 heteroatoms. The number of esters is 1. The van der Waals surface area contributed by atoms with Crippen LogP contribution < -0.4 is 4.74 Å². The Balaban J connectivity index is 0.00000264. The highest BCUT2D eigenvalue weighted by atomic mass is 35.5. The molecule has 0 aliphatic carbocycles. The van der Waals surface area contributed by atoms with E-state index in [0.717, 1.165) is 5.52 Å². The van der Waals surface area contributed by atoms with E-state index in [9.17, 15) is 9.59 Å². The number of benzene rings is 1. The zero-order valence-corrected chi connectivity index (χ0v) is 14.1. The highest BCUT2D eigenvalue weighted by Crippen LogP contribution is 2.20. The number of fused-ring (bicyclic) bond motifs is 1. The molecule has 2 rings (SSSR count). The maximum Gasteiger partial charge on any atom is 0.414 e. The van der Waals surface area contributed by atoms with Crippen molar-refractivity contribution in [2.75, 3.05) is 20.7 Å². The molecular weight excluding hydrogens is 322 g/mol. The summed E-state index contributed by atoms with van der Waals surface area (Å²) in [6.45, 7) is 2.93. The average molecular weight is 342 g/mol. The third kappa shape index (κ3) is 4.59. The van der Waals surface area contributed by atoms with E-state index in [-0.39, 0.29) is 24.8 Å². The molecule has 0 bridgehead atoms. The first kappa shape index (κ1) is 18.8. The van der Waals surface area contributed by atoms with Crippen LogP contribution in [0.5, 0.6) is 5.75 Å². The summed E-state index contributed by atoms with van der Waals surface area (Å²) in [4.78, 5) is 28.6. The number of hydrogen-bond donors (Lipinski definition) is 0.